The van der Waals surface area contributed by atoms with Crippen LogP contribution < -0.4 is 5.32 Å². The van der Waals surface area contributed by atoms with Crippen molar-refractivity contribution in [1.82, 2.24) is 5.32 Å². The second-order valence-electron chi connectivity index (χ2n) is 3.71. The maximum absolute atomic E-state index is 3.70. The van der Waals surface area contributed by atoms with Crippen LogP contribution in [-0.4, -0.2) is 24.1 Å². The summed E-state index contributed by atoms with van der Waals surface area (Å²) in [5.74, 6) is 2.27. The summed E-state index contributed by atoms with van der Waals surface area (Å²) in [5.41, 5.74) is 0. The van der Waals surface area contributed by atoms with E-state index in [1.807, 2.05) is 17.8 Å². The molecule has 1 nitrogen and oxygen atoms in total. The summed E-state index contributed by atoms with van der Waals surface area (Å²) in [7, 11) is 0. The second kappa shape index (κ2) is 11.1. The standard InChI is InChI=1S/C12H25NS/c1-4-6-7-8-12(3)13-9-11-14-10-5-2/h5,12-13H,2,4,6-11H2,1,3H3. The first-order valence-electron chi connectivity index (χ1n) is 5.73. The van der Waals surface area contributed by atoms with Crippen LogP contribution in [0.15, 0.2) is 12.7 Å². The summed E-state index contributed by atoms with van der Waals surface area (Å²) in [5, 5.41) is 3.55. The molecule has 1 atom stereocenters. The molecule has 0 aromatic carbocycles. The van der Waals surface area contributed by atoms with Crippen LogP contribution in [0.4, 0.5) is 0 Å². The van der Waals surface area contributed by atoms with Crippen molar-refractivity contribution >= 4 is 11.8 Å². The fraction of sp³-hybridized carbons (Fsp3) is 0.833. The predicted octanol–water partition coefficient (Wildman–Crippen LogP) is 3.46. The monoisotopic (exact) mass is 215 g/mol. The lowest BCUT2D eigenvalue weighted by molar-refractivity contribution is 0.502. The van der Waals surface area contributed by atoms with Crippen LogP contribution >= 0.6 is 11.8 Å². The Hall–Kier alpha value is 0.0500. The molecule has 0 saturated heterocycles. The van der Waals surface area contributed by atoms with E-state index in [2.05, 4.69) is 25.7 Å². The average Bonchev–Trinajstić information content (AvgIpc) is 2.18. The minimum atomic E-state index is 0.686. The molecule has 0 fully saturated rings. The first-order valence-corrected chi connectivity index (χ1v) is 6.88. The van der Waals surface area contributed by atoms with Gasteiger partial charge in [0.2, 0.25) is 0 Å². The van der Waals surface area contributed by atoms with E-state index in [4.69, 9.17) is 0 Å². The number of rotatable bonds is 10. The first-order chi connectivity index (χ1) is 6.81. The summed E-state index contributed by atoms with van der Waals surface area (Å²) in [6.07, 6.45) is 7.35. The Kier molecular flexibility index (Phi) is 11.2. The van der Waals surface area contributed by atoms with Gasteiger partial charge in [0.05, 0.1) is 0 Å². The third kappa shape index (κ3) is 10.1. The maximum atomic E-state index is 3.70. The van der Waals surface area contributed by atoms with Crippen molar-refractivity contribution in [2.75, 3.05) is 18.1 Å². The van der Waals surface area contributed by atoms with Gasteiger partial charge in [0.25, 0.3) is 0 Å². The molecule has 0 aromatic rings. The molecule has 0 amide bonds. The van der Waals surface area contributed by atoms with Gasteiger partial charge in [0.1, 0.15) is 0 Å². The topological polar surface area (TPSA) is 12.0 Å². The molecule has 0 heterocycles. The van der Waals surface area contributed by atoms with Crippen LogP contribution in [0.1, 0.15) is 39.5 Å². The molecule has 0 spiro atoms. The molecule has 0 aliphatic rings. The molecule has 0 aromatic heterocycles. The molecule has 2 heteroatoms. The van der Waals surface area contributed by atoms with Crippen molar-refractivity contribution in [3.63, 3.8) is 0 Å². The van der Waals surface area contributed by atoms with Crippen LogP contribution in [0.25, 0.3) is 0 Å². The number of thioether (sulfide) groups is 1. The number of nitrogens with one attached hydrogen (secondary N) is 1. The molecule has 1 N–H and O–H groups in total. The van der Waals surface area contributed by atoms with Crippen molar-refractivity contribution in [1.29, 1.82) is 0 Å². The lowest BCUT2D eigenvalue weighted by Crippen LogP contribution is -2.28. The zero-order chi connectivity index (χ0) is 10.6. The lowest BCUT2D eigenvalue weighted by Gasteiger charge is -2.12. The minimum Gasteiger partial charge on any atom is -0.313 e. The molecular weight excluding hydrogens is 190 g/mol. The van der Waals surface area contributed by atoms with Crippen molar-refractivity contribution in [3.05, 3.63) is 12.7 Å². The number of unbranched alkanes of at least 4 members (excludes halogenated alkanes) is 2. The highest BCUT2D eigenvalue weighted by atomic mass is 32.2. The smallest absolute Gasteiger partial charge is 0.0111 e. The van der Waals surface area contributed by atoms with Crippen molar-refractivity contribution < 1.29 is 0 Å². The summed E-state index contributed by atoms with van der Waals surface area (Å²) in [6.45, 7) is 9.37. The first kappa shape index (κ1) is 14.1. The van der Waals surface area contributed by atoms with Crippen LogP contribution in [0.5, 0.6) is 0 Å². The molecule has 0 aliphatic heterocycles. The van der Waals surface area contributed by atoms with Gasteiger partial charge < -0.3 is 5.32 Å². The molecule has 14 heavy (non-hydrogen) atoms. The Morgan fingerprint density at radius 2 is 2.21 bits per heavy atom. The Bertz CT molecular complexity index is 125. The molecule has 0 saturated carbocycles. The third-order valence-corrected chi connectivity index (χ3v) is 3.18. The van der Waals surface area contributed by atoms with Gasteiger partial charge in [-0.15, -0.1) is 6.58 Å². The summed E-state index contributed by atoms with van der Waals surface area (Å²) < 4.78 is 0. The normalized spacial score (nSPS) is 12.7. The number of hydrogen-bond donors (Lipinski definition) is 1. The highest BCUT2D eigenvalue weighted by molar-refractivity contribution is 7.99. The van der Waals surface area contributed by atoms with Crippen LogP contribution in [0, 0.1) is 0 Å². The second-order valence-corrected chi connectivity index (χ2v) is 4.86. The fourth-order valence-corrected chi connectivity index (χ4v) is 1.94. The molecule has 0 aliphatic carbocycles. The van der Waals surface area contributed by atoms with E-state index in [1.54, 1.807) is 0 Å². The van der Waals surface area contributed by atoms with Crippen LogP contribution in [0.2, 0.25) is 0 Å². The summed E-state index contributed by atoms with van der Waals surface area (Å²) >= 11 is 1.94. The number of hydrogen-bond acceptors (Lipinski definition) is 2. The van der Waals surface area contributed by atoms with E-state index in [1.165, 1.54) is 31.4 Å². The van der Waals surface area contributed by atoms with Crippen LogP contribution in [0.3, 0.4) is 0 Å². The predicted molar refractivity (Wildman–Crippen MR) is 69.1 cm³/mol. The van der Waals surface area contributed by atoms with Gasteiger partial charge in [0.15, 0.2) is 0 Å². The Balaban J connectivity index is 3.09. The molecule has 0 bridgehead atoms. The van der Waals surface area contributed by atoms with Gasteiger partial charge in [-0.3, -0.25) is 0 Å². The largest absolute Gasteiger partial charge is 0.313 e. The zero-order valence-electron chi connectivity index (χ0n) is 9.72. The molecule has 1 unspecified atom stereocenters. The summed E-state index contributed by atoms with van der Waals surface area (Å²) in [4.78, 5) is 0. The van der Waals surface area contributed by atoms with Gasteiger partial charge in [-0.25, -0.2) is 0 Å². The van der Waals surface area contributed by atoms with Crippen molar-refractivity contribution in [2.24, 2.45) is 0 Å². The molecule has 84 valence electrons. The molecular formula is C12H25NS. The maximum Gasteiger partial charge on any atom is 0.0111 e. The van der Waals surface area contributed by atoms with Gasteiger partial charge in [0, 0.05) is 24.1 Å². The van der Waals surface area contributed by atoms with Crippen molar-refractivity contribution in [3.8, 4) is 0 Å². The van der Waals surface area contributed by atoms with E-state index < -0.39 is 0 Å². The van der Waals surface area contributed by atoms with Gasteiger partial charge in [-0.05, 0) is 13.3 Å². The van der Waals surface area contributed by atoms with Gasteiger partial charge in [-0.1, -0.05) is 32.3 Å². The molecule has 0 radical (unpaired) electrons. The highest BCUT2D eigenvalue weighted by Gasteiger charge is 1.99. The van der Waals surface area contributed by atoms with E-state index in [-0.39, 0.29) is 0 Å². The zero-order valence-corrected chi connectivity index (χ0v) is 10.5. The summed E-state index contributed by atoms with van der Waals surface area (Å²) in [6, 6.07) is 0.686. The van der Waals surface area contributed by atoms with Crippen molar-refractivity contribution in [2.45, 2.75) is 45.6 Å². The van der Waals surface area contributed by atoms with Crippen LogP contribution in [-0.2, 0) is 0 Å². The fourth-order valence-electron chi connectivity index (χ4n) is 1.35. The minimum absolute atomic E-state index is 0.686. The van der Waals surface area contributed by atoms with E-state index in [9.17, 15) is 0 Å². The van der Waals surface area contributed by atoms with Gasteiger partial charge in [-0.2, -0.15) is 11.8 Å². The molecule has 0 rings (SSSR count). The quantitative estimate of drug-likeness (QED) is 0.442. The Labute approximate surface area is 93.7 Å². The Morgan fingerprint density at radius 1 is 1.43 bits per heavy atom. The Morgan fingerprint density at radius 3 is 2.86 bits per heavy atom. The SMILES string of the molecule is C=CCSCCNC(C)CCCCC. The lowest BCUT2D eigenvalue weighted by atomic mass is 10.1. The van der Waals surface area contributed by atoms with E-state index >= 15 is 0 Å². The average molecular weight is 215 g/mol. The van der Waals surface area contributed by atoms with Gasteiger partial charge >= 0.3 is 0 Å². The van der Waals surface area contributed by atoms with E-state index in [0.29, 0.717) is 6.04 Å². The third-order valence-electron chi connectivity index (χ3n) is 2.22. The highest BCUT2D eigenvalue weighted by Crippen LogP contribution is 2.03. The van der Waals surface area contributed by atoms with E-state index in [0.717, 1.165) is 12.3 Å².